The Kier molecular flexibility index (Phi) is 4.60. The van der Waals surface area contributed by atoms with Gasteiger partial charge in [0.1, 0.15) is 17.4 Å². The molecular formula is C17H12ClNO3S. The molecule has 116 valence electrons. The van der Waals surface area contributed by atoms with Crippen molar-refractivity contribution in [1.82, 2.24) is 4.98 Å². The van der Waals surface area contributed by atoms with Gasteiger partial charge in [0.25, 0.3) is 0 Å². The molecule has 1 N–H and O–H groups in total. The summed E-state index contributed by atoms with van der Waals surface area (Å²) in [7, 11) is 0. The fourth-order valence-electron chi connectivity index (χ4n) is 2.05. The summed E-state index contributed by atoms with van der Waals surface area (Å²) in [6, 6.07) is 5.52. The largest absolute Gasteiger partial charge is 0.488 e. The maximum Gasteiger partial charge on any atom is 0.328 e. The molecular weight excluding hydrogens is 334 g/mol. The number of hydrogen-bond donors (Lipinski definition) is 1. The van der Waals surface area contributed by atoms with Crippen LogP contribution in [0.2, 0.25) is 5.02 Å². The molecule has 2 heterocycles. The monoisotopic (exact) mass is 345 g/mol. The maximum absolute atomic E-state index is 10.5. The van der Waals surface area contributed by atoms with Gasteiger partial charge in [0.15, 0.2) is 0 Å². The highest BCUT2D eigenvalue weighted by molar-refractivity contribution is 7.13. The molecule has 1 aliphatic heterocycles. The summed E-state index contributed by atoms with van der Waals surface area (Å²) in [5.41, 5.74) is 1.96. The third-order valence-corrected chi connectivity index (χ3v) is 4.24. The average molecular weight is 346 g/mol. The lowest BCUT2D eigenvalue weighted by molar-refractivity contribution is -0.131. The molecule has 4 nitrogen and oxygen atoms in total. The van der Waals surface area contributed by atoms with E-state index < -0.39 is 5.97 Å². The molecule has 0 aliphatic carbocycles. The van der Waals surface area contributed by atoms with Crippen LogP contribution in [0.1, 0.15) is 15.4 Å². The first kappa shape index (κ1) is 15.5. The van der Waals surface area contributed by atoms with Crippen LogP contribution in [-0.4, -0.2) is 22.7 Å². The topological polar surface area (TPSA) is 59.4 Å². The summed E-state index contributed by atoms with van der Waals surface area (Å²) in [6.45, 7) is 0.488. The molecule has 0 spiro atoms. The highest BCUT2D eigenvalue weighted by atomic mass is 35.5. The number of carboxylic acids is 1. The highest BCUT2D eigenvalue weighted by Crippen LogP contribution is 2.29. The molecule has 23 heavy (non-hydrogen) atoms. The Morgan fingerprint density at radius 1 is 1.35 bits per heavy atom. The van der Waals surface area contributed by atoms with Crippen LogP contribution in [0.5, 0.6) is 5.75 Å². The van der Waals surface area contributed by atoms with Gasteiger partial charge in [-0.2, -0.15) is 0 Å². The number of ether oxygens (including phenoxy) is 1. The van der Waals surface area contributed by atoms with Gasteiger partial charge in [-0.25, -0.2) is 9.78 Å². The Balaban J connectivity index is 1.75. The predicted molar refractivity (Wildman–Crippen MR) is 92.7 cm³/mol. The molecule has 0 unspecified atom stereocenters. The standard InChI is InChI=1S/C17H12ClNO3S/c18-13-2-4-15-12(8-13)7-11(10-22-15)1-5-16-19-9-14(23-16)3-6-17(20)21/h1-9H,10H2,(H,20,21)/b5-1+,6-3-. The number of benzene rings is 1. The third-order valence-electron chi connectivity index (χ3n) is 3.08. The number of thiazole rings is 1. The van der Waals surface area contributed by atoms with Crippen molar-refractivity contribution in [3.63, 3.8) is 0 Å². The number of carboxylic acid groups (broad SMARTS) is 1. The lowest BCUT2D eigenvalue weighted by Crippen LogP contribution is -2.05. The molecule has 1 aliphatic rings. The Morgan fingerprint density at radius 2 is 2.22 bits per heavy atom. The molecule has 0 saturated carbocycles. The third kappa shape index (κ3) is 4.09. The maximum atomic E-state index is 10.5. The van der Waals surface area contributed by atoms with Gasteiger partial charge < -0.3 is 9.84 Å². The molecule has 1 aromatic carbocycles. The fourth-order valence-corrected chi connectivity index (χ4v) is 2.95. The van der Waals surface area contributed by atoms with Crippen LogP contribution in [0.4, 0.5) is 0 Å². The summed E-state index contributed by atoms with van der Waals surface area (Å²) in [6.07, 6.45) is 10.1. The highest BCUT2D eigenvalue weighted by Gasteiger charge is 2.10. The summed E-state index contributed by atoms with van der Waals surface area (Å²) in [5.74, 6) is -0.153. The Labute approximate surface area is 142 Å². The Morgan fingerprint density at radius 3 is 3.04 bits per heavy atom. The van der Waals surface area contributed by atoms with Gasteiger partial charge in [-0.1, -0.05) is 17.7 Å². The van der Waals surface area contributed by atoms with Crippen LogP contribution in [0.15, 0.2) is 42.1 Å². The number of nitrogens with zero attached hydrogens (tertiary/aromatic N) is 1. The lowest BCUT2D eigenvalue weighted by atomic mass is 10.1. The van der Waals surface area contributed by atoms with Crippen molar-refractivity contribution in [2.75, 3.05) is 6.61 Å². The van der Waals surface area contributed by atoms with Crippen molar-refractivity contribution >= 4 is 47.1 Å². The second-order valence-electron chi connectivity index (χ2n) is 4.80. The van der Waals surface area contributed by atoms with E-state index in [9.17, 15) is 4.79 Å². The molecule has 6 heteroatoms. The van der Waals surface area contributed by atoms with E-state index in [-0.39, 0.29) is 0 Å². The average Bonchev–Trinajstić information content (AvgIpc) is 2.98. The molecule has 3 rings (SSSR count). The van der Waals surface area contributed by atoms with Gasteiger partial charge in [0, 0.05) is 27.7 Å². The van der Waals surface area contributed by atoms with E-state index in [1.807, 2.05) is 30.4 Å². The smallest absolute Gasteiger partial charge is 0.328 e. The van der Waals surface area contributed by atoms with E-state index in [0.29, 0.717) is 11.6 Å². The van der Waals surface area contributed by atoms with Crippen LogP contribution in [0, 0.1) is 0 Å². The van der Waals surface area contributed by atoms with Crippen LogP contribution < -0.4 is 4.74 Å². The Hall–Kier alpha value is -2.37. The van der Waals surface area contributed by atoms with Crippen LogP contribution >= 0.6 is 22.9 Å². The van der Waals surface area contributed by atoms with Crippen molar-refractivity contribution in [2.24, 2.45) is 0 Å². The van der Waals surface area contributed by atoms with Crippen LogP contribution in [-0.2, 0) is 4.79 Å². The van der Waals surface area contributed by atoms with Crippen molar-refractivity contribution in [2.45, 2.75) is 0 Å². The molecule has 0 saturated heterocycles. The zero-order chi connectivity index (χ0) is 16.2. The predicted octanol–water partition coefficient (Wildman–Crippen LogP) is 4.38. The first-order valence-electron chi connectivity index (χ1n) is 6.78. The Bertz CT molecular complexity index is 836. The van der Waals surface area contributed by atoms with E-state index in [4.69, 9.17) is 21.4 Å². The SMILES string of the molecule is O=C(O)/C=C\c1cnc(/C=C/C2=Cc3cc(Cl)ccc3OC2)s1. The van der Waals surface area contributed by atoms with E-state index in [0.717, 1.165) is 32.8 Å². The molecule has 0 amide bonds. The normalized spacial score (nSPS) is 13.9. The van der Waals surface area contributed by atoms with Crippen molar-refractivity contribution in [3.05, 3.63) is 62.6 Å². The number of hydrogen-bond acceptors (Lipinski definition) is 4. The zero-order valence-electron chi connectivity index (χ0n) is 11.9. The number of carbonyl (C=O) groups is 1. The molecule has 2 aromatic rings. The first-order valence-corrected chi connectivity index (χ1v) is 7.97. The number of fused-ring (bicyclic) bond motifs is 1. The first-order chi connectivity index (χ1) is 11.1. The van der Waals surface area contributed by atoms with Crippen molar-refractivity contribution < 1.29 is 14.6 Å². The minimum atomic E-state index is -0.975. The van der Waals surface area contributed by atoms with E-state index in [2.05, 4.69) is 4.98 Å². The summed E-state index contributed by atoms with van der Waals surface area (Å²) in [4.78, 5) is 15.5. The number of rotatable bonds is 4. The lowest BCUT2D eigenvalue weighted by Gasteiger charge is -2.16. The molecule has 0 fully saturated rings. The molecule has 1 aromatic heterocycles. The van der Waals surface area contributed by atoms with Crippen LogP contribution in [0.25, 0.3) is 18.2 Å². The number of aromatic nitrogens is 1. The van der Waals surface area contributed by atoms with Gasteiger partial charge >= 0.3 is 5.97 Å². The minimum absolute atomic E-state index is 0.488. The van der Waals surface area contributed by atoms with Gasteiger partial charge in [-0.3, -0.25) is 0 Å². The van der Waals surface area contributed by atoms with Crippen molar-refractivity contribution in [3.8, 4) is 5.75 Å². The van der Waals surface area contributed by atoms with E-state index in [1.54, 1.807) is 12.3 Å². The number of halogens is 1. The summed E-state index contributed by atoms with van der Waals surface area (Å²) < 4.78 is 5.68. The minimum Gasteiger partial charge on any atom is -0.488 e. The molecule has 0 atom stereocenters. The number of aliphatic carboxylic acids is 1. The van der Waals surface area contributed by atoms with Gasteiger partial charge in [0.05, 0.1) is 0 Å². The van der Waals surface area contributed by atoms with E-state index >= 15 is 0 Å². The summed E-state index contributed by atoms with van der Waals surface area (Å²) >= 11 is 7.41. The second kappa shape index (κ2) is 6.81. The van der Waals surface area contributed by atoms with Gasteiger partial charge in [0.2, 0.25) is 0 Å². The van der Waals surface area contributed by atoms with Crippen molar-refractivity contribution in [1.29, 1.82) is 0 Å². The van der Waals surface area contributed by atoms with Gasteiger partial charge in [-0.05, 0) is 42.0 Å². The van der Waals surface area contributed by atoms with Gasteiger partial charge in [-0.15, -0.1) is 11.3 Å². The molecule has 0 bridgehead atoms. The van der Waals surface area contributed by atoms with E-state index in [1.165, 1.54) is 17.4 Å². The molecule has 0 radical (unpaired) electrons. The fraction of sp³-hybridized carbons (Fsp3) is 0.0588. The summed E-state index contributed by atoms with van der Waals surface area (Å²) in [5, 5.41) is 10.1. The zero-order valence-corrected chi connectivity index (χ0v) is 13.5. The second-order valence-corrected chi connectivity index (χ2v) is 6.33. The quantitative estimate of drug-likeness (QED) is 0.835. The van der Waals surface area contributed by atoms with Crippen LogP contribution in [0.3, 0.4) is 0 Å².